The van der Waals surface area contributed by atoms with E-state index in [-0.39, 0.29) is 0 Å². The van der Waals surface area contributed by atoms with E-state index < -0.39 is 26.5 Å². The van der Waals surface area contributed by atoms with Gasteiger partial charge in [0.25, 0.3) is 0 Å². The van der Waals surface area contributed by atoms with Gasteiger partial charge in [-0.3, -0.25) is 0 Å². The fraction of sp³-hybridized carbons (Fsp3) is 1.00. The molecule has 1 saturated heterocycles. The second kappa shape index (κ2) is 2.39. The molecule has 0 amide bonds. The standard InChI is InChI=1S/C16H22Si.2CH3.Sn/c1-17(2,15-9-5-3-6-10(15)13(9)15)16-11-7-4-8-12(16)14(11)16;;;/h9-12H,3-8H2,1-2H3;2*1H3;. The first kappa shape index (κ1) is 11.5. The van der Waals surface area contributed by atoms with E-state index >= 15 is 0 Å². The predicted molar refractivity (Wildman–Crippen MR) is 87.4 cm³/mol. The molecule has 0 nitrogen and oxygen atoms in total. The van der Waals surface area contributed by atoms with Crippen molar-refractivity contribution in [1.82, 2.24) is 0 Å². The predicted octanol–water partition coefficient (Wildman–Crippen LogP) is 5.27. The first-order valence-electron chi connectivity index (χ1n) is 9.44. The van der Waals surface area contributed by atoms with Gasteiger partial charge in [0.05, 0.1) is 0 Å². The molecular weight excluding hydrogens is 363 g/mol. The monoisotopic (exact) mass is 392 g/mol. The second-order valence-corrected chi connectivity index (χ2v) is 29.7. The number of rotatable bonds is 0. The Kier molecular flexibility index (Phi) is 1.38. The molecule has 1 aliphatic heterocycles. The van der Waals surface area contributed by atoms with Gasteiger partial charge in [0.2, 0.25) is 0 Å². The van der Waals surface area contributed by atoms with Crippen LogP contribution in [-0.2, 0) is 0 Å². The van der Waals surface area contributed by atoms with Crippen LogP contribution < -0.4 is 0 Å². The van der Waals surface area contributed by atoms with E-state index in [1.165, 1.54) is 23.7 Å². The molecule has 6 saturated carbocycles. The van der Waals surface area contributed by atoms with Gasteiger partial charge in [-0.05, 0) is 0 Å². The van der Waals surface area contributed by atoms with Crippen molar-refractivity contribution in [3.05, 3.63) is 0 Å². The van der Waals surface area contributed by atoms with Crippen molar-refractivity contribution in [3.8, 4) is 0 Å². The van der Waals surface area contributed by atoms with Gasteiger partial charge < -0.3 is 0 Å². The Bertz CT molecular complexity index is 499. The number of hydrogen-bond donors (Lipinski definition) is 0. The van der Waals surface area contributed by atoms with E-state index in [0.29, 0.717) is 0 Å². The minimum atomic E-state index is -1.91. The third-order valence-electron chi connectivity index (χ3n) is 11.5. The van der Waals surface area contributed by atoms with E-state index in [0.717, 1.165) is 16.9 Å². The molecule has 20 heavy (non-hydrogen) atoms. The quantitative estimate of drug-likeness (QED) is 0.494. The van der Waals surface area contributed by atoms with Gasteiger partial charge in [-0.1, -0.05) is 0 Å². The average molecular weight is 391 g/mol. The van der Waals surface area contributed by atoms with E-state index in [1.54, 1.807) is 38.5 Å². The molecule has 0 aromatic heterocycles. The molecule has 4 unspecified atom stereocenters. The maximum atomic E-state index is 2.98. The summed E-state index contributed by atoms with van der Waals surface area (Å²) in [4.78, 5) is 5.97. The first-order valence-corrected chi connectivity index (χ1v) is 21.0. The van der Waals surface area contributed by atoms with Crippen LogP contribution in [0.5, 0.6) is 0 Å². The zero-order chi connectivity index (χ0) is 13.6. The zero-order valence-corrected chi connectivity index (χ0v) is 17.4. The van der Waals surface area contributed by atoms with Crippen LogP contribution in [0.25, 0.3) is 0 Å². The summed E-state index contributed by atoms with van der Waals surface area (Å²) >= 11 is -1.91. The second-order valence-electron chi connectivity index (χ2n) is 10.8. The van der Waals surface area contributed by atoms with Crippen LogP contribution in [0.15, 0.2) is 0 Å². The van der Waals surface area contributed by atoms with Crippen molar-refractivity contribution in [2.24, 2.45) is 23.7 Å². The fourth-order valence-corrected chi connectivity index (χ4v) is 54.8. The third kappa shape index (κ3) is 0.539. The Morgan fingerprint density at radius 2 is 1.10 bits per heavy atom. The molecular formula is C18H28SiSn. The van der Waals surface area contributed by atoms with E-state index in [1.807, 2.05) is 0 Å². The summed E-state index contributed by atoms with van der Waals surface area (Å²) in [7, 11) is -0.996. The van der Waals surface area contributed by atoms with Crippen molar-refractivity contribution in [2.75, 3.05) is 0 Å². The molecule has 4 atom stereocenters. The molecule has 108 valence electrons. The maximum absolute atomic E-state index is 2.98. The van der Waals surface area contributed by atoms with Gasteiger partial charge in [-0.15, -0.1) is 0 Å². The fourth-order valence-electron chi connectivity index (χ4n) is 12.3. The topological polar surface area (TPSA) is 0 Å². The minimum absolute atomic E-state index is 0.996. The van der Waals surface area contributed by atoms with E-state index in [9.17, 15) is 0 Å². The summed E-state index contributed by atoms with van der Waals surface area (Å²) in [5.74, 6) is 5.24. The van der Waals surface area contributed by atoms with Gasteiger partial charge in [-0.2, -0.15) is 0 Å². The Morgan fingerprint density at radius 3 is 1.45 bits per heavy atom. The summed E-state index contributed by atoms with van der Waals surface area (Å²) in [6.45, 7) is 5.85. The third-order valence-corrected chi connectivity index (χ3v) is 37.5. The molecule has 7 rings (SSSR count). The summed E-state index contributed by atoms with van der Waals surface area (Å²) in [6.07, 6.45) is 9.92. The summed E-state index contributed by atoms with van der Waals surface area (Å²) in [6, 6.07) is 0. The summed E-state index contributed by atoms with van der Waals surface area (Å²) in [5, 5.41) is 2.14. The molecule has 0 aromatic rings. The van der Waals surface area contributed by atoms with Crippen molar-refractivity contribution < 1.29 is 0 Å². The SMILES string of the molecule is C[Si]1(C)C23C4CCCC2[C]43[Sn]([CH3])([CH3])[C]23C4CCCC2C431. The molecule has 0 bridgehead atoms. The number of hydrogen-bond acceptors (Lipinski definition) is 0. The molecule has 0 aromatic carbocycles. The molecule has 7 aliphatic rings. The Hall–Kier alpha value is 1.02. The van der Waals surface area contributed by atoms with Crippen molar-refractivity contribution in [3.63, 3.8) is 0 Å². The molecule has 1 heterocycles. The Labute approximate surface area is 128 Å². The molecule has 0 radical (unpaired) electrons. The Balaban J connectivity index is 1.53. The zero-order valence-electron chi connectivity index (χ0n) is 13.6. The Morgan fingerprint density at radius 1 is 0.750 bits per heavy atom. The van der Waals surface area contributed by atoms with Crippen LogP contribution in [-0.4, -0.2) is 26.5 Å². The van der Waals surface area contributed by atoms with Crippen molar-refractivity contribution in [2.45, 2.75) is 78.4 Å². The van der Waals surface area contributed by atoms with Crippen LogP contribution in [0.4, 0.5) is 0 Å². The van der Waals surface area contributed by atoms with Crippen molar-refractivity contribution >= 4 is 26.5 Å². The first-order chi connectivity index (χ1) is 9.44. The normalized spacial score (nSPS) is 77.4. The summed E-state index contributed by atoms with van der Waals surface area (Å²) < 4.78 is 2.22. The van der Waals surface area contributed by atoms with Gasteiger partial charge in [0.15, 0.2) is 0 Å². The molecule has 0 N–H and O–H groups in total. The van der Waals surface area contributed by atoms with Gasteiger partial charge in [0, 0.05) is 0 Å². The van der Waals surface area contributed by atoms with Gasteiger partial charge >= 0.3 is 129 Å². The van der Waals surface area contributed by atoms with Crippen LogP contribution in [0.2, 0.25) is 39.9 Å². The van der Waals surface area contributed by atoms with E-state index in [2.05, 4.69) is 23.0 Å². The van der Waals surface area contributed by atoms with Gasteiger partial charge in [0.1, 0.15) is 0 Å². The van der Waals surface area contributed by atoms with E-state index in [4.69, 9.17) is 0 Å². The van der Waals surface area contributed by atoms with Gasteiger partial charge in [-0.25, -0.2) is 0 Å². The molecule has 2 spiro atoms. The van der Waals surface area contributed by atoms with Crippen LogP contribution in [0, 0.1) is 23.7 Å². The average Bonchev–Trinajstić information content (AvgIpc) is 3.32. The van der Waals surface area contributed by atoms with Crippen molar-refractivity contribution in [1.29, 1.82) is 0 Å². The van der Waals surface area contributed by atoms with Crippen LogP contribution >= 0.6 is 0 Å². The molecule has 2 heteroatoms. The molecule has 7 fully saturated rings. The summed E-state index contributed by atoms with van der Waals surface area (Å²) in [5.41, 5.74) is 0. The molecule has 6 aliphatic carbocycles. The van der Waals surface area contributed by atoms with Crippen LogP contribution in [0.1, 0.15) is 38.5 Å². The van der Waals surface area contributed by atoms with Crippen LogP contribution in [0.3, 0.4) is 0 Å².